The molecule has 0 aromatic carbocycles. The van der Waals surface area contributed by atoms with Gasteiger partial charge in [0.2, 0.25) is 0 Å². The number of hydrogen-bond donors (Lipinski definition) is 3. The van der Waals surface area contributed by atoms with Gasteiger partial charge in [-0.3, -0.25) is 0 Å². The summed E-state index contributed by atoms with van der Waals surface area (Å²) in [4.78, 5) is 0. The average Bonchev–Trinajstić information content (AvgIpc) is 2.41. The standard InChI is InChI=1S/C20H34O3/c1-7-13(2)8-9-15-19(5)11-10-16(22)18(3,4)17(19)14(21)12-20(15,6)23/h7,14-17,21-23H,1-2,8-12H2,3-6H3. The van der Waals surface area contributed by atoms with E-state index in [0.29, 0.717) is 6.42 Å². The van der Waals surface area contributed by atoms with Crippen LogP contribution < -0.4 is 0 Å². The van der Waals surface area contributed by atoms with Gasteiger partial charge in [0, 0.05) is 6.42 Å². The van der Waals surface area contributed by atoms with Crippen LogP contribution >= 0.6 is 0 Å². The largest absolute Gasteiger partial charge is 0.393 e. The Morgan fingerprint density at radius 2 is 1.83 bits per heavy atom. The van der Waals surface area contributed by atoms with E-state index in [1.165, 1.54) is 0 Å². The highest BCUT2D eigenvalue weighted by atomic mass is 16.3. The lowest BCUT2D eigenvalue weighted by Gasteiger charge is -2.64. The molecule has 0 saturated heterocycles. The fourth-order valence-electron chi connectivity index (χ4n) is 5.83. The van der Waals surface area contributed by atoms with Crippen molar-refractivity contribution in [3.05, 3.63) is 24.8 Å². The van der Waals surface area contributed by atoms with Crippen molar-refractivity contribution in [2.45, 2.75) is 77.6 Å². The van der Waals surface area contributed by atoms with Crippen LogP contribution in [0.1, 0.15) is 59.8 Å². The molecule has 0 aromatic rings. The van der Waals surface area contributed by atoms with Crippen LogP contribution in [0.15, 0.2) is 24.8 Å². The van der Waals surface area contributed by atoms with E-state index in [1.54, 1.807) is 6.08 Å². The molecule has 3 nitrogen and oxygen atoms in total. The Bertz CT molecular complexity index is 479. The molecule has 3 N–H and O–H groups in total. The number of allylic oxidation sites excluding steroid dienone is 2. The van der Waals surface area contributed by atoms with Gasteiger partial charge in [-0.2, -0.15) is 0 Å². The predicted octanol–water partition coefficient (Wildman–Crippen LogP) is 3.44. The fourth-order valence-corrected chi connectivity index (χ4v) is 5.83. The highest BCUT2D eigenvalue weighted by molar-refractivity contribution is 5.15. The smallest absolute Gasteiger partial charge is 0.0677 e. The Morgan fingerprint density at radius 1 is 1.22 bits per heavy atom. The summed E-state index contributed by atoms with van der Waals surface area (Å²) in [5.74, 6) is 0.0628. The molecule has 2 aliphatic rings. The summed E-state index contributed by atoms with van der Waals surface area (Å²) < 4.78 is 0. The second kappa shape index (κ2) is 6.02. The molecule has 3 heteroatoms. The second-order valence-electron chi connectivity index (χ2n) is 8.94. The van der Waals surface area contributed by atoms with Crippen molar-refractivity contribution >= 4 is 0 Å². The van der Waals surface area contributed by atoms with E-state index < -0.39 is 17.8 Å². The summed E-state index contributed by atoms with van der Waals surface area (Å²) in [5, 5.41) is 32.3. The Balaban J connectivity index is 2.39. The monoisotopic (exact) mass is 322 g/mol. The number of fused-ring (bicyclic) bond motifs is 1. The summed E-state index contributed by atoms with van der Waals surface area (Å²) in [6.45, 7) is 15.9. The van der Waals surface area contributed by atoms with E-state index in [-0.39, 0.29) is 22.7 Å². The molecule has 0 amide bonds. The lowest BCUT2D eigenvalue weighted by atomic mass is 9.43. The molecule has 2 rings (SSSR count). The Labute approximate surface area is 141 Å². The van der Waals surface area contributed by atoms with Gasteiger partial charge in [0.05, 0.1) is 17.8 Å². The van der Waals surface area contributed by atoms with Gasteiger partial charge < -0.3 is 15.3 Å². The third-order valence-electron chi connectivity index (χ3n) is 6.92. The quantitative estimate of drug-likeness (QED) is 0.695. The van der Waals surface area contributed by atoms with Crippen molar-refractivity contribution in [1.82, 2.24) is 0 Å². The molecule has 2 aliphatic carbocycles. The third kappa shape index (κ3) is 3.04. The summed E-state index contributed by atoms with van der Waals surface area (Å²) in [6.07, 6.45) is 4.37. The van der Waals surface area contributed by atoms with Crippen molar-refractivity contribution in [2.75, 3.05) is 0 Å². The molecule has 0 radical (unpaired) electrons. The molecular weight excluding hydrogens is 288 g/mol. The number of hydrogen-bond acceptors (Lipinski definition) is 3. The first-order valence-electron chi connectivity index (χ1n) is 8.85. The van der Waals surface area contributed by atoms with Gasteiger partial charge >= 0.3 is 0 Å². The lowest BCUT2D eigenvalue weighted by Crippen LogP contribution is -2.65. The zero-order chi connectivity index (χ0) is 17.6. The zero-order valence-corrected chi connectivity index (χ0v) is 15.2. The summed E-state index contributed by atoms with van der Waals surface area (Å²) in [6, 6.07) is 0. The highest BCUT2D eigenvalue weighted by Gasteiger charge is 2.63. The minimum Gasteiger partial charge on any atom is -0.393 e. The first-order valence-corrected chi connectivity index (χ1v) is 8.85. The molecule has 2 fully saturated rings. The third-order valence-corrected chi connectivity index (χ3v) is 6.92. The molecular formula is C20H34O3. The Morgan fingerprint density at radius 3 is 2.39 bits per heavy atom. The Hall–Kier alpha value is -0.640. The van der Waals surface area contributed by atoms with Crippen LogP contribution in [-0.2, 0) is 0 Å². The van der Waals surface area contributed by atoms with E-state index in [0.717, 1.165) is 31.3 Å². The van der Waals surface area contributed by atoms with Crippen LogP contribution in [0.5, 0.6) is 0 Å². The van der Waals surface area contributed by atoms with Crippen molar-refractivity contribution in [2.24, 2.45) is 22.7 Å². The molecule has 0 bridgehead atoms. The second-order valence-corrected chi connectivity index (χ2v) is 8.94. The van der Waals surface area contributed by atoms with E-state index in [9.17, 15) is 15.3 Å². The van der Waals surface area contributed by atoms with Gasteiger partial charge in [0.25, 0.3) is 0 Å². The normalized spacial score (nSPS) is 46.0. The first kappa shape index (κ1) is 18.7. The van der Waals surface area contributed by atoms with Crippen LogP contribution in [0.25, 0.3) is 0 Å². The van der Waals surface area contributed by atoms with E-state index >= 15 is 0 Å². The number of rotatable bonds is 4. The molecule has 0 heterocycles. The predicted molar refractivity (Wildman–Crippen MR) is 93.9 cm³/mol. The highest BCUT2D eigenvalue weighted by Crippen LogP contribution is 2.63. The summed E-state index contributed by atoms with van der Waals surface area (Å²) >= 11 is 0. The van der Waals surface area contributed by atoms with Gasteiger partial charge in [-0.25, -0.2) is 0 Å². The number of aliphatic hydroxyl groups is 3. The van der Waals surface area contributed by atoms with Crippen LogP contribution in [-0.4, -0.2) is 33.1 Å². The van der Waals surface area contributed by atoms with Crippen molar-refractivity contribution < 1.29 is 15.3 Å². The van der Waals surface area contributed by atoms with Crippen LogP contribution in [0, 0.1) is 22.7 Å². The maximum atomic E-state index is 11.1. The molecule has 132 valence electrons. The maximum Gasteiger partial charge on any atom is 0.0677 e. The Kier molecular flexibility index (Phi) is 4.89. The maximum absolute atomic E-state index is 11.1. The van der Waals surface area contributed by atoms with Crippen molar-refractivity contribution in [3.8, 4) is 0 Å². The summed E-state index contributed by atoms with van der Waals surface area (Å²) in [5.41, 5.74) is -0.450. The number of aliphatic hydroxyl groups excluding tert-OH is 2. The summed E-state index contributed by atoms with van der Waals surface area (Å²) in [7, 11) is 0. The molecule has 6 atom stereocenters. The van der Waals surface area contributed by atoms with E-state index in [2.05, 4.69) is 33.9 Å². The topological polar surface area (TPSA) is 60.7 Å². The van der Waals surface area contributed by atoms with Crippen LogP contribution in [0.2, 0.25) is 0 Å². The van der Waals surface area contributed by atoms with Gasteiger partial charge in [0.1, 0.15) is 0 Å². The first-order chi connectivity index (χ1) is 10.5. The molecule has 0 aromatic heterocycles. The molecule has 0 spiro atoms. The van der Waals surface area contributed by atoms with Crippen molar-refractivity contribution in [1.29, 1.82) is 0 Å². The van der Waals surface area contributed by atoms with Gasteiger partial charge in [-0.15, -0.1) is 0 Å². The lowest BCUT2D eigenvalue weighted by molar-refractivity contribution is -0.235. The van der Waals surface area contributed by atoms with Gasteiger partial charge in [-0.1, -0.05) is 45.6 Å². The molecule has 2 saturated carbocycles. The van der Waals surface area contributed by atoms with Crippen molar-refractivity contribution in [3.63, 3.8) is 0 Å². The minimum absolute atomic E-state index is 0.0130. The van der Waals surface area contributed by atoms with Crippen LogP contribution in [0.4, 0.5) is 0 Å². The SMILES string of the molecule is C=CC(=C)CCC1C(C)(O)CC(O)C2C(C)(C)C(O)CCC12C. The zero-order valence-electron chi connectivity index (χ0n) is 15.2. The van der Waals surface area contributed by atoms with Gasteiger partial charge in [0.15, 0.2) is 0 Å². The van der Waals surface area contributed by atoms with E-state index in [4.69, 9.17) is 0 Å². The minimum atomic E-state index is -0.898. The molecule has 23 heavy (non-hydrogen) atoms. The fraction of sp³-hybridized carbons (Fsp3) is 0.800. The average molecular weight is 322 g/mol. The van der Waals surface area contributed by atoms with Gasteiger partial charge in [-0.05, 0) is 55.3 Å². The molecule has 6 unspecified atom stereocenters. The molecule has 0 aliphatic heterocycles. The van der Waals surface area contributed by atoms with E-state index in [1.807, 2.05) is 6.92 Å². The van der Waals surface area contributed by atoms with Crippen LogP contribution in [0.3, 0.4) is 0 Å².